The summed E-state index contributed by atoms with van der Waals surface area (Å²) in [5.74, 6) is -0.935. The van der Waals surface area contributed by atoms with Crippen LogP contribution in [0.4, 0.5) is 0 Å². The summed E-state index contributed by atoms with van der Waals surface area (Å²) in [6.45, 7) is 4.29. The number of carbonyl (C=O) groups is 2. The molecule has 1 aromatic heterocycles. The molecule has 1 atom stereocenters. The number of hydrogen-bond donors (Lipinski definition) is 2. The third-order valence-corrected chi connectivity index (χ3v) is 3.97. The van der Waals surface area contributed by atoms with E-state index in [-0.39, 0.29) is 11.8 Å². The van der Waals surface area contributed by atoms with Gasteiger partial charge in [0.05, 0.1) is 0 Å². The summed E-state index contributed by atoms with van der Waals surface area (Å²) in [7, 11) is 0. The molecule has 1 amide bonds. The van der Waals surface area contributed by atoms with E-state index in [0.717, 1.165) is 16.5 Å². The summed E-state index contributed by atoms with van der Waals surface area (Å²) in [5.41, 5.74) is 2.36. The number of amides is 1. The van der Waals surface area contributed by atoms with Crippen molar-refractivity contribution in [2.75, 3.05) is 0 Å². The molecule has 0 spiro atoms. The second-order valence-electron chi connectivity index (χ2n) is 5.94. The second kappa shape index (κ2) is 4.91. The molecular formula is C16H18N2O3. The number of hydrogen-bond acceptors (Lipinski definition) is 2. The number of nitrogens with one attached hydrogen (secondary N) is 1. The smallest absolute Gasteiger partial charge is 0.326 e. The van der Waals surface area contributed by atoms with Crippen LogP contribution in [0.25, 0.3) is 10.9 Å². The quantitative estimate of drug-likeness (QED) is 0.907. The molecule has 1 aliphatic heterocycles. The SMILES string of the molecule is CC(C)CC(C(=O)O)N1Cc2c([nH]c3ccccc23)C1=O. The highest BCUT2D eigenvalue weighted by molar-refractivity contribution is 6.05. The number of carbonyl (C=O) groups excluding carboxylic acids is 1. The van der Waals surface area contributed by atoms with Crippen LogP contribution < -0.4 is 0 Å². The number of carboxylic acid groups (broad SMARTS) is 1. The minimum Gasteiger partial charge on any atom is -0.480 e. The largest absolute Gasteiger partial charge is 0.480 e. The summed E-state index contributed by atoms with van der Waals surface area (Å²) in [6.07, 6.45) is 0.462. The molecule has 1 aliphatic rings. The van der Waals surface area contributed by atoms with Gasteiger partial charge in [-0.3, -0.25) is 4.79 Å². The van der Waals surface area contributed by atoms with Crippen molar-refractivity contribution in [3.8, 4) is 0 Å². The highest BCUT2D eigenvalue weighted by Crippen LogP contribution is 2.32. The van der Waals surface area contributed by atoms with Crippen LogP contribution in [-0.4, -0.2) is 32.9 Å². The normalized spacial score (nSPS) is 15.8. The van der Waals surface area contributed by atoms with E-state index >= 15 is 0 Å². The number of aromatic amines is 1. The van der Waals surface area contributed by atoms with Gasteiger partial charge >= 0.3 is 5.97 Å². The Balaban J connectivity index is 1.97. The fourth-order valence-electron chi connectivity index (χ4n) is 2.99. The Hall–Kier alpha value is -2.30. The summed E-state index contributed by atoms with van der Waals surface area (Å²) in [6, 6.07) is 6.95. The van der Waals surface area contributed by atoms with E-state index in [4.69, 9.17) is 0 Å². The molecule has 2 heterocycles. The van der Waals surface area contributed by atoms with Crippen LogP contribution in [0, 0.1) is 5.92 Å². The first-order valence-corrected chi connectivity index (χ1v) is 7.12. The van der Waals surface area contributed by atoms with Gasteiger partial charge in [-0.1, -0.05) is 32.0 Å². The van der Waals surface area contributed by atoms with Crippen LogP contribution >= 0.6 is 0 Å². The van der Waals surface area contributed by atoms with Crippen LogP contribution in [0.15, 0.2) is 24.3 Å². The lowest BCUT2D eigenvalue weighted by molar-refractivity contribution is -0.143. The number of para-hydroxylation sites is 1. The molecule has 2 N–H and O–H groups in total. The van der Waals surface area contributed by atoms with Crippen molar-refractivity contribution in [2.24, 2.45) is 5.92 Å². The van der Waals surface area contributed by atoms with Gasteiger partial charge < -0.3 is 15.0 Å². The number of nitrogens with zero attached hydrogens (tertiary/aromatic N) is 1. The maximum atomic E-state index is 12.5. The maximum Gasteiger partial charge on any atom is 0.326 e. The summed E-state index contributed by atoms with van der Waals surface area (Å²) in [5, 5.41) is 10.4. The zero-order valence-corrected chi connectivity index (χ0v) is 12.1. The van der Waals surface area contributed by atoms with Crippen molar-refractivity contribution in [3.63, 3.8) is 0 Å². The average molecular weight is 286 g/mol. The predicted molar refractivity (Wildman–Crippen MR) is 79.1 cm³/mol. The van der Waals surface area contributed by atoms with Crippen molar-refractivity contribution in [3.05, 3.63) is 35.5 Å². The molecule has 5 nitrogen and oxygen atoms in total. The van der Waals surface area contributed by atoms with Gasteiger partial charge in [-0.25, -0.2) is 4.79 Å². The number of fused-ring (bicyclic) bond motifs is 3. The van der Waals surface area contributed by atoms with Gasteiger partial charge in [0.1, 0.15) is 11.7 Å². The molecule has 3 rings (SSSR count). The summed E-state index contributed by atoms with van der Waals surface area (Å²) < 4.78 is 0. The van der Waals surface area contributed by atoms with Crippen LogP contribution in [0.3, 0.4) is 0 Å². The van der Waals surface area contributed by atoms with Gasteiger partial charge in [0, 0.05) is 23.0 Å². The minimum atomic E-state index is -0.938. The van der Waals surface area contributed by atoms with E-state index in [9.17, 15) is 14.7 Å². The molecule has 0 radical (unpaired) electrons. The highest BCUT2D eigenvalue weighted by atomic mass is 16.4. The number of H-pyrrole nitrogens is 1. The Morgan fingerprint density at radius 1 is 1.38 bits per heavy atom. The molecule has 1 aromatic carbocycles. The van der Waals surface area contributed by atoms with Gasteiger partial charge in [0.25, 0.3) is 5.91 Å². The molecule has 110 valence electrons. The standard InChI is InChI=1S/C16H18N2O3/c1-9(2)7-13(16(20)21)18-8-11-10-5-3-4-6-12(10)17-14(11)15(18)19/h3-6,9,13,17H,7-8H2,1-2H3,(H,20,21). The number of aromatic nitrogens is 1. The van der Waals surface area contributed by atoms with Crippen molar-refractivity contribution < 1.29 is 14.7 Å². The highest BCUT2D eigenvalue weighted by Gasteiger charge is 2.38. The predicted octanol–water partition coefficient (Wildman–Crippen LogP) is 2.62. The van der Waals surface area contributed by atoms with Crippen molar-refractivity contribution in [1.29, 1.82) is 0 Å². The van der Waals surface area contributed by atoms with Crippen molar-refractivity contribution in [2.45, 2.75) is 32.9 Å². The van der Waals surface area contributed by atoms with Crippen LogP contribution in [0.1, 0.15) is 36.3 Å². The van der Waals surface area contributed by atoms with Gasteiger partial charge in [-0.15, -0.1) is 0 Å². The lowest BCUT2D eigenvalue weighted by Gasteiger charge is -2.25. The van der Waals surface area contributed by atoms with Crippen LogP contribution in [-0.2, 0) is 11.3 Å². The van der Waals surface area contributed by atoms with E-state index in [1.165, 1.54) is 4.90 Å². The zero-order chi connectivity index (χ0) is 15.1. The number of benzene rings is 1. The molecule has 0 fully saturated rings. The van der Waals surface area contributed by atoms with E-state index in [1.54, 1.807) is 0 Å². The molecule has 0 bridgehead atoms. The van der Waals surface area contributed by atoms with Gasteiger partial charge in [-0.05, 0) is 18.4 Å². The second-order valence-corrected chi connectivity index (χ2v) is 5.94. The lowest BCUT2D eigenvalue weighted by Crippen LogP contribution is -2.42. The maximum absolute atomic E-state index is 12.5. The third kappa shape index (κ3) is 2.18. The lowest BCUT2D eigenvalue weighted by atomic mass is 10.0. The Kier molecular flexibility index (Phi) is 3.20. The molecule has 21 heavy (non-hydrogen) atoms. The van der Waals surface area contributed by atoms with Crippen LogP contribution in [0.5, 0.6) is 0 Å². The van der Waals surface area contributed by atoms with Gasteiger partial charge in [0.2, 0.25) is 0 Å². The van der Waals surface area contributed by atoms with E-state index in [2.05, 4.69) is 4.98 Å². The monoisotopic (exact) mass is 286 g/mol. The minimum absolute atomic E-state index is 0.214. The third-order valence-electron chi connectivity index (χ3n) is 3.97. The zero-order valence-electron chi connectivity index (χ0n) is 12.1. The fourth-order valence-corrected chi connectivity index (χ4v) is 2.99. The molecular weight excluding hydrogens is 268 g/mol. The molecule has 5 heteroatoms. The molecule has 0 saturated carbocycles. The van der Waals surface area contributed by atoms with Gasteiger partial charge in [0.15, 0.2) is 0 Å². The Bertz CT molecular complexity index is 717. The average Bonchev–Trinajstić information content (AvgIpc) is 2.94. The van der Waals surface area contributed by atoms with Gasteiger partial charge in [-0.2, -0.15) is 0 Å². The Morgan fingerprint density at radius 2 is 2.10 bits per heavy atom. The van der Waals surface area contributed by atoms with E-state index in [1.807, 2.05) is 38.1 Å². The van der Waals surface area contributed by atoms with E-state index < -0.39 is 12.0 Å². The number of aliphatic carboxylic acids is 1. The van der Waals surface area contributed by atoms with Crippen molar-refractivity contribution in [1.82, 2.24) is 9.88 Å². The topological polar surface area (TPSA) is 73.4 Å². The first-order valence-electron chi connectivity index (χ1n) is 7.12. The first kappa shape index (κ1) is 13.7. The molecule has 0 aliphatic carbocycles. The first-order chi connectivity index (χ1) is 9.99. The molecule has 1 unspecified atom stereocenters. The van der Waals surface area contributed by atoms with Crippen LogP contribution in [0.2, 0.25) is 0 Å². The summed E-state index contributed by atoms with van der Waals surface area (Å²) >= 11 is 0. The number of carboxylic acids is 1. The van der Waals surface area contributed by atoms with E-state index in [0.29, 0.717) is 18.7 Å². The summed E-state index contributed by atoms with van der Waals surface area (Å²) in [4.78, 5) is 28.6. The Labute approximate surface area is 122 Å². The molecule has 0 saturated heterocycles. The fraction of sp³-hybridized carbons (Fsp3) is 0.375. The van der Waals surface area contributed by atoms with Crippen molar-refractivity contribution >= 4 is 22.8 Å². The Morgan fingerprint density at radius 3 is 2.76 bits per heavy atom. The molecule has 2 aromatic rings. The number of rotatable bonds is 4.